The number of benzene rings is 1. The minimum absolute atomic E-state index is 0.0101. The molecule has 1 aromatic carbocycles. The summed E-state index contributed by atoms with van der Waals surface area (Å²) in [6.45, 7) is 5.11. The number of fused-ring (bicyclic) bond motifs is 3. The van der Waals surface area contributed by atoms with E-state index in [1.165, 1.54) is 19.1 Å². The first kappa shape index (κ1) is 20.2. The molecule has 9 heteroatoms. The molecule has 0 saturated carbocycles. The van der Waals surface area contributed by atoms with Crippen molar-refractivity contribution >= 4 is 16.9 Å². The molecule has 152 valence electrons. The molecule has 1 aliphatic heterocycles. The molecule has 0 radical (unpaired) electrons. The summed E-state index contributed by atoms with van der Waals surface area (Å²) in [6.07, 6.45) is -2.03. The highest BCUT2D eigenvalue weighted by Crippen LogP contribution is 2.41. The predicted octanol–water partition coefficient (Wildman–Crippen LogP) is 3.45. The number of halogens is 2. The van der Waals surface area contributed by atoms with Crippen LogP contribution in [0.4, 0.5) is 13.6 Å². The molecule has 1 unspecified atom stereocenters. The molecular formula is C19H22F2N2O5. The van der Waals surface area contributed by atoms with E-state index in [4.69, 9.17) is 14.2 Å². The van der Waals surface area contributed by atoms with Crippen LogP contribution in [0.5, 0.6) is 5.88 Å². The molecule has 28 heavy (non-hydrogen) atoms. The third kappa shape index (κ3) is 3.59. The number of rotatable bonds is 2. The Hall–Kier alpha value is -2.52. The van der Waals surface area contributed by atoms with Crippen molar-refractivity contribution < 1.29 is 32.9 Å². The van der Waals surface area contributed by atoms with Crippen LogP contribution >= 0.6 is 0 Å². The van der Waals surface area contributed by atoms with E-state index in [1.54, 1.807) is 20.8 Å². The van der Waals surface area contributed by atoms with Crippen LogP contribution in [-0.4, -0.2) is 47.4 Å². The maximum Gasteiger partial charge on any atom is 0.410 e. The van der Waals surface area contributed by atoms with Gasteiger partial charge in [-0.05, 0) is 38.3 Å². The van der Waals surface area contributed by atoms with Gasteiger partial charge in [-0.25, -0.2) is 18.6 Å². The molecule has 0 bridgehead atoms. The van der Waals surface area contributed by atoms with Crippen molar-refractivity contribution in [3.05, 3.63) is 35.0 Å². The molecule has 0 spiro atoms. The van der Waals surface area contributed by atoms with Crippen LogP contribution in [-0.2, 0) is 9.47 Å². The molecule has 1 aromatic heterocycles. The lowest BCUT2D eigenvalue weighted by atomic mass is 9.94. The number of hydrogen-bond donors (Lipinski definition) is 1. The first-order valence-electron chi connectivity index (χ1n) is 8.65. The molecule has 1 N–H and O–H groups in total. The van der Waals surface area contributed by atoms with Crippen molar-refractivity contribution in [3.63, 3.8) is 0 Å². The Morgan fingerprint density at radius 3 is 2.46 bits per heavy atom. The number of methoxy groups -OCH3 is 1. The Morgan fingerprint density at radius 2 is 1.89 bits per heavy atom. The third-order valence-corrected chi connectivity index (χ3v) is 4.40. The summed E-state index contributed by atoms with van der Waals surface area (Å²) in [7, 11) is 2.83. The first-order chi connectivity index (χ1) is 13.0. The van der Waals surface area contributed by atoms with Gasteiger partial charge in [-0.2, -0.15) is 0 Å². The van der Waals surface area contributed by atoms with E-state index in [0.29, 0.717) is 5.56 Å². The van der Waals surface area contributed by atoms with Crippen LogP contribution in [0.15, 0.2) is 12.1 Å². The second-order valence-corrected chi connectivity index (χ2v) is 7.52. The van der Waals surface area contributed by atoms with Crippen molar-refractivity contribution in [2.24, 2.45) is 0 Å². The minimum Gasteiger partial charge on any atom is -0.481 e. The SMILES string of the molecule is COc1nc2c(c3cc(F)c(F)cc13)[C@H](N(C)C(=O)OC(C)(C)C)COC2O. The van der Waals surface area contributed by atoms with Crippen molar-refractivity contribution in [1.29, 1.82) is 0 Å². The molecule has 3 rings (SSSR count). The summed E-state index contributed by atoms with van der Waals surface area (Å²) in [5.41, 5.74) is -0.303. The van der Waals surface area contributed by atoms with Gasteiger partial charge >= 0.3 is 6.09 Å². The predicted molar refractivity (Wildman–Crippen MR) is 95.9 cm³/mol. The van der Waals surface area contributed by atoms with Crippen LogP contribution in [0.25, 0.3) is 10.8 Å². The van der Waals surface area contributed by atoms with Crippen LogP contribution < -0.4 is 4.74 Å². The molecule has 2 heterocycles. The van der Waals surface area contributed by atoms with Crippen LogP contribution in [0.2, 0.25) is 0 Å². The maximum atomic E-state index is 14.0. The van der Waals surface area contributed by atoms with Crippen molar-refractivity contribution in [2.45, 2.75) is 38.7 Å². The number of pyridine rings is 1. The van der Waals surface area contributed by atoms with Crippen LogP contribution in [0.1, 0.15) is 44.4 Å². The second-order valence-electron chi connectivity index (χ2n) is 7.52. The number of hydrogen-bond acceptors (Lipinski definition) is 6. The quantitative estimate of drug-likeness (QED) is 0.838. The normalized spacial score (nSPS) is 19.3. The van der Waals surface area contributed by atoms with E-state index in [9.17, 15) is 18.7 Å². The average molecular weight is 396 g/mol. The molecule has 2 atom stereocenters. The maximum absolute atomic E-state index is 14.0. The van der Waals surface area contributed by atoms with Gasteiger partial charge in [0.1, 0.15) is 11.3 Å². The lowest BCUT2D eigenvalue weighted by molar-refractivity contribution is -0.131. The van der Waals surface area contributed by atoms with Gasteiger partial charge in [-0.1, -0.05) is 0 Å². The standard InChI is InChI=1S/C19H22F2N2O5/c1-19(2,3)28-18(25)23(4)13-8-27-17(24)15-14(13)9-6-11(20)12(21)7-10(9)16(22-15)26-5/h6-7,13,17,24H,8H2,1-5H3/t13-,17?/m1/s1. The lowest BCUT2D eigenvalue weighted by Crippen LogP contribution is -2.40. The van der Waals surface area contributed by atoms with Gasteiger partial charge in [0.2, 0.25) is 5.88 Å². The highest BCUT2D eigenvalue weighted by molar-refractivity contribution is 5.91. The first-order valence-corrected chi connectivity index (χ1v) is 8.65. The highest BCUT2D eigenvalue weighted by Gasteiger charge is 2.37. The fourth-order valence-electron chi connectivity index (χ4n) is 3.12. The minimum atomic E-state index is -1.40. The van der Waals surface area contributed by atoms with Gasteiger partial charge in [0.25, 0.3) is 0 Å². The van der Waals surface area contributed by atoms with E-state index < -0.39 is 35.7 Å². The molecule has 7 nitrogen and oxygen atoms in total. The van der Waals surface area contributed by atoms with Crippen LogP contribution in [0, 0.1) is 11.6 Å². The number of aliphatic hydroxyl groups is 1. The fourth-order valence-corrected chi connectivity index (χ4v) is 3.12. The van der Waals surface area contributed by atoms with E-state index in [1.807, 2.05) is 0 Å². The Balaban J connectivity index is 2.20. The number of carbonyl (C=O) groups is 1. The zero-order valence-electron chi connectivity index (χ0n) is 16.2. The number of likely N-dealkylation sites (N-methyl/N-ethyl adjacent to an activating group) is 1. The van der Waals surface area contributed by atoms with Gasteiger partial charge in [-0.3, -0.25) is 0 Å². The largest absolute Gasteiger partial charge is 0.481 e. The zero-order valence-corrected chi connectivity index (χ0v) is 16.2. The van der Waals surface area contributed by atoms with Gasteiger partial charge in [0.15, 0.2) is 17.9 Å². The summed E-state index contributed by atoms with van der Waals surface area (Å²) in [5, 5.41) is 10.7. The number of amides is 1. The summed E-state index contributed by atoms with van der Waals surface area (Å²) in [4.78, 5) is 18.0. The van der Waals surface area contributed by atoms with Gasteiger partial charge in [-0.15, -0.1) is 0 Å². The molecule has 1 aliphatic rings. The summed E-state index contributed by atoms with van der Waals surface area (Å²) < 4.78 is 43.8. The molecule has 1 amide bonds. The summed E-state index contributed by atoms with van der Waals surface area (Å²) in [5.74, 6) is -2.12. The van der Waals surface area contributed by atoms with E-state index in [2.05, 4.69) is 4.98 Å². The van der Waals surface area contributed by atoms with Crippen LogP contribution in [0.3, 0.4) is 0 Å². The molecular weight excluding hydrogens is 374 g/mol. The van der Waals surface area contributed by atoms with E-state index >= 15 is 0 Å². The van der Waals surface area contributed by atoms with E-state index in [0.717, 1.165) is 12.1 Å². The number of carbonyl (C=O) groups excluding carboxylic acids is 1. The lowest BCUT2D eigenvalue weighted by Gasteiger charge is -2.36. The van der Waals surface area contributed by atoms with Gasteiger partial charge in [0, 0.05) is 18.0 Å². The van der Waals surface area contributed by atoms with Gasteiger partial charge < -0.3 is 24.2 Å². The number of ether oxygens (including phenoxy) is 3. The monoisotopic (exact) mass is 396 g/mol. The van der Waals surface area contributed by atoms with Crippen molar-refractivity contribution in [1.82, 2.24) is 9.88 Å². The highest BCUT2D eigenvalue weighted by atomic mass is 19.2. The Kier molecular flexibility index (Phi) is 5.16. The second kappa shape index (κ2) is 7.14. The molecule has 0 saturated heterocycles. The number of aliphatic hydroxyl groups excluding tert-OH is 1. The number of aromatic nitrogens is 1. The summed E-state index contributed by atoms with van der Waals surface area (Å²) >= 11 is 0. The molecule has 0 aliphatic carbocycles. The van der Waals surface area contributed by atoms with Gasteiger partial charge in [0.05, 0.1) is 19.8 Å². The van der Waals surface area contributed by atoms with Crippen molar-refractivity contribution in [2.75, 3.05) is 20.8 Å². The average Bonchev–Trinajstić information content (AvgIpc) is 2.60. The Labute approximate surface area is 160 Å². The smallest absolute Gasteiger partial charge is 0.410 e. The third-order valence-electron chi connectivity index (χ3n) is 4.40. The molecule has 2 aromatic rings. The zero-order chi connectivity index (χ0) is 20.8. The topological polar surface area (TPSA) is 81.1 Å². The molecule has 0 fully saturated rings. The fraction of sp³-hybridized carbons (Fsp3) is 0.474. The Bertz CT molecular complexity index is 929. The van der Waals surface area contributed by atoms with E-state index in [-0.39, 0.29) is 29.0 Å². The van der Waals surface area contributed by atoms with Crippen molar-refractivity contribution in [3.8, 4) is 5.88 Å². The Morgan fingerprint density at radius 1 is 1.29 bits per heavy atom. The summed E-state index contributed by atoms with van der Waals surface area (Å²) in [6, 6.07) is 1.24. The number of nitrogens with zero attached hydrogens (tertiary/aromatic N) is 2.